The Hall–Kier alpha value is -3.16. The van der Waals surface area contributed by atoms with Gasteiger partial charge >= 0.3 is 12.0 Å². The van der Waals surface area contributed by atoms with Gasteiger partial charge in [-0.05, 0) is 39.3 Å². The second-order valence-corrected chi connectivity index (χ2v) is 7.28. The highest BCUT2D eigenvalue weighted by atomic mass is 16.5. The number of fused-ring (bicyclic) bond motifs is 3. The number of ether oxygens (including phenoxy) is 1. The number of hydrogen-bond donors (Lipinski definition) is 0. The third kappa shape index (κ3) is 2.66. The van der Waals surface area contributed by atoms with Crippen LogP contribution in [-0.4, -0.2) is 52.3 Å². The molecule has 2 aliphatic heterocycles. The number of carbonyl (C=O) groups excluding carboxylic acids is 2. The van der Waals surface area contributed by atoms with Gasteiger partial charge in [0.25, 0.3) is 5.91 Å². The Morgan fingerprint density at radius 2 is 1.90 bits per heavy atom. The molecule has 0 saturated carbocycles. The van der Waals surface area contributed by atoms with E-state index in [2.05, 4.69) is 0 Å². The first-order valence-electron chi connectivity index (χ1n) is 9.95. The van der Waals surface area contributed by atoms with Crippen molar-refractivity contribution in [3.8, 4) is 11.4 Å². The van der Waals surface area contributed by atoms with Crippen molar-refractivity contribution in [2.24, 2.45) is 4.99 Å². The van der Waals surface area contributed by atoms with E-state index in [0.717, 1.165) is 22.8 Å². The largest absolute Gasteiger partial charge is 0.490 e. The van der Waals surface area contributed by atoms with Crippen LogP contribution in [0.1, 0.15) is 37.7 Å². The standard InChI is InChI=1S/C21H26N5O3/c1-6-12-24-19(27)17-18(23(5)21(24)28)22-20-25(13(3)14(4)26(17)20)15-10-8-9-11-16(15)29-7-2/h8-11,17H,6-7,12H2,1-5H3/q+1. The van der Waals surface area contributed by atoms with E-state index < -0.39 is 6.04 Å². The lowest BCUT2D eigenvalue weighted by molar-refractivity contribution is -0.682. The van der Waals surface area contributed by atoms with Crippen molar-refractivity contribution in [1.82, 2.24) is 14.4 Å². The average molecular weight is 396 g/mol. The van der Waals surface area contributed by atoms with Gasteiger partial charge in [0.05, 0.1) is 6.61 Å². The number of imide groups is 1. The lowest BCUT2D eigenvalue weighted by Crippen LogP contribution is -2.63. The molecule has 0 spiro atoms. The maximum absolute atomic E-state index is 13.2. The van der Waals surface area contributed by atoms with E-state index in [-0.39, 0.29) is 11.9 Å². The number of imidazole rings is 1. The van der Waals surface area contributed by atoms with Gasteiger partial charge < -0.3 is 4.74 Å². The predicted octanol–water partition coefficient (Wildman–Crippen LogP) is 2.67. The molecule has 1 saturated heterocycles. The Balaban J connectivity index is 1.92. The molecule has 29 heavy (non-hydrogen) atoms. The number of nitrogens with zero attached hydrogens (tertiary/aromatic N) is 5. The highest BCUT2D eigenvalue weighted by molar-refractivity contribution is 6.19. The maximum atomic E-state index is 13.2. The maximum Gasteiger partial charge on any atom is 0.407 e. The van der Waals surface area contributed by atoms with Crippen LogP contribution in [0.2, 0.25) is 0 Å². The molecule has 1 aromatic heterocycles. The summed E-state index contributed by atoms with van der Waals surface area (Å²) in [6.45, 7) is 8.82. The molecule has 0 bridgehead atoms. The minimum atomic E-state index is -0.626. The van der Waals surface area contributed by atoms with Crippen molar-refractivity contribution >= 4 is 23.7 Å². The van der Waals surface area contributed by atoms with Crippen molar-refractivity contribution in [3.63, 3.8) is 0 Å². The van der Waals surface area contributed by atoms with E-state index in [4.69, 9.17) is 9.73 Å². The summed E-state index contributed by atoms with van der Waals surface area (Å²) in [4.78, 5) is 33.5. The fraction of sp³-hybridized carbons (Fsp3) is 0.429. The van der Waals surface area contributed by atoms with Crippen LogP contribution in [0.3, 0.4) is 0 Å². The van der Waals surface area contributed by atoms with Crippen LogP contribution in [0.25, 0.3) is 5.69 Å². The Morgan fingerprint density at radius 3 is 2.59 bits per heavy atom. The molecule has 8 heteroatoms. The van der Waals surface area contributed by atoms with E-state index in [1.54, 1.807) is 7.05 Å². The molecule has 3 amide bonds. The summed E-state index contributed by atoms with van der Waals surface area (Å²) in [7, 11) is 1.68. The summed E-state index contributed by atoms with van der Waals surface area (Å²) in [6, 6.07) is 6.82. The summed E-state index contributed by atoms with van der Waals surface area (Å²) < 4.78 is 9.76. The van der Waals surface area contributed by atoms with Gasteiger partial charge in [-0.1, -0.05) is 24.0 Å². The third-order valence-corrected chi connectivity index (χ3v) is 5.57. The number of amidine groups is 1. The molecule has 1 atom stereocenters. The predicted molar refractivity (Wildman–Crippen MR) is 108 cm³/mol. The molecule has 1 aromatic carbocycles. The Kier molecular flexibility index (Phi) is 4.64. The smallest absolute Gasteiger partial charge is 0.407 e. The van der Waals surface area contributed by atoms with Crippen LogP contribution in [0.15, 0.2) is 29.3 Å². The third-order valence-electron chi connectivity index (χ3n) is 5.57. The second kappa shape index (κ2) is 7.02. The summed E-state index contributed by atoms with van der Waals surface area (Å²) in [5.41, 5.74) is 2.77. The van der Waals surface area contributed by atoms with Gasteiger partial charge in [0.15, 0.2) is 5.75 Å². The van der Waals surface area contributed by atoms with Gasteiger partial charge in [0.1, 0.15) is 17.1 Å². The Labute approximate surface area is 170 Å². The molecule has 2 aromatic rings. The molecule has 0 aliphatic carbocycles. The van der Waals surface area contributed by atoms with Gasteiger partial charge in [0.2, 0.25) is 11.9 Å². The molecule has 8 nitrogen and oxygen atoms in total. The summed E-state index contributed by atoms with van der Waals surface area (Å²) in [6.07, 6.45) is 0.711. The Morgan fingerprint density at radius 1 is 1.17 bits per heavy atom. The van der Waals surface area contributed by atoms with Crippen molar-refractivity contribution in [2.75, 3.05) is 20.2 Å². The van der Waals surface area contributed by atoms with Crippen LogP contribution in [0.4, 0.5) is 10.7 Å². The molecular weight excluding hydrogens is 370 g/mol. The van der Waals surface area contributed by atoms with Crippen LogP contribution in [0.5, 0.6) is 5.75 Å². The number of rotatable bonds is 5. The molecule has 152 valence electrons. The van der Waals surface area contributed by atoms with Crippen LogP contribution < -0.4 is 9.30 Å². The van der Waals surface area contributed by atoms with Crippen LogP contribution in [0, 0.1) is 13.8 Å². The number of likely N-dealkylation sites (N-methyl/N-ethyl adjacent to an activating group) is 1. The summed E-state index contributed by atoms with van der Waals surface area (Å²) in [5, 5.41) is 0. The second-order valence-electron chi connectivity index (χ2n) is 7.28. The molecule has 4 rings (SSSR count). The summed E-state index contributed by atoms with van der Waals surface area (Å²) >= 11 is 0. The highest BCUT2D eigenvalue weighted by Gasteiger charge is 2.54. The van der Waals surface area contributed by atoms with Gasteiger partial charge in [-0.2, -0.15) is 4.57 Å². The number of para-hydroxylation sites is 2. The minimum absolute atomic E-state index is 0.226. The number of urea groups is 1. The zero-order valence-electron chi connectivity index (χ0n) is 17.5. The lowest BCUT2D eigenvalue weighted by Gasteiger charge is -2.33. The highest BCUT2D eigenvalue weighted by Crippen LogP contribution is 2.35. The van der Waals surface area contributed by atoms with E-state index in [0.29, 0.717) is 31.4 Å². The topological polar surface area (TPSA) is 71.0 Å². The van der Waals surface area contributed by atoms with E-state index in [1.165, 1.54) is 9.80 Å². The van der Waals surface area contributed by atoms with Crippen molar-refractivity contribution < 1.29 is 18.9 Å². The molecule has 2 aliphatic rings. The van der Waals surface area contributed by atoms with E-state index in [9.17, 15) is 9.59 Å². The van der Waals surface area contributed by atoms with E-state index >= 15 is 0 Å². The van der Waals surface area contributed by atoms with Crippen molar-refractivity contribution in [2.45, 2.75) is 40.2 Å². The lowest BCUT2D eigenvalue weighted by atomic mass is 10.1. The number of amides is 3. The van der Waals surface area contributed by atoms with Crippen LogP contribution in [-0.2, 0) is 4.79 Å². The van der Waals surface area contributed by atoms with Gasteiger partial charge in [-0.15, -0.1) is 0 Å². The fourth-order valence-electron chi connectivity index (χ4n) is 4.07. The number of benzene rings is 1. The zero-order chi connectivity index (χ0) is 20.9. The first kappa shape index (κ1) is 19.2. The number of aromatic nitrogens is 2. The fourth-order valence-corrected chi connectivity index (χ4v) is 4.07. The first-order valence-corrected chi connectivity index (χ1v) is 9.95. The number of carbonyl (C=O) groups is 2. The van der Waals surface area contributed by atoms with Gasteiger partial charge in [-0.3, -0.25) is 14.6 Å². The van der Waals surface area contributed by atoms with Crippen molar-refractivity contribution in [1.29, 1.82) is 0 Å². The SMILES string of the molecule is CCCN1C(=O)C2C(=Nc3n(-c4ccccc4OCC)c(C)c(C)[n+]32)N(C)C1=O. The molecule has 0 N–H and O–H groups in total. The first-order chi connectivity index (χ1) is 13.9. The number of aliphatic imine (C=N–C) groups is 1. The molecular formula is C21H26N5O3+. The van der Waals surface area contributed by atoms with E-state index in [1.807, 2.05) is 61.1 Å². The summed E-state index contributed by atoms with van der Waals surface area (Å²) in [5.74, 6) is 1.61. The van der Waals surface area contributed by atoms with Crippen molar-refractivity contribution in [3.05, 3.63) is 35.7 Å². The van der Waals surface area contributed by atoms with Gasteiger partial charge in [0, 0.05) is 13.6 Å². The van der Waals surface area contributed by atoms with Crippen LogP contribution >= 0.6 is 0 Å². The normalized spacial score (nSPS) is 18.1. The quantitative estimate of drug-likeness (QED) is 0.730. The Bertz CT molecular complexity index is 1040. The minimum Gasteiger partial charge on any atom is -0.490 e. The molecule has 1 fully saturated rings. The molecule has 0 radical (unpaired) electrons. The monoisotopic (exact) mass is 396 g/mol. The van der Waals surface area contributed by atoms with Gasteiger partial charge in [-0.25, -0.2) is 9.36 Å². The zero-order valence-corrected chi connectivity index (χ0v) is 17.5. The molecule has 1 unspecified atom stereocenters. The number of hydrogen-bond acceptors (Lipinski definition) is 4. The average Bonchev–Trinajstić information content (AvgIpc) is 3.20. The molecule has 3 heterocycles.